The van der Waals surface area contributed by atoms with E-state index in [1.807, 2.05) is 4.90 Å². The Morgan fingerprint density at radius 1 is 0.875 bits per heavy atom. The van der Waals surface area contributed by atoms with Crippen LogP contribution < -0.4 is 0 Å². The van der Waals surface area contributed by atoms with Crippen molar-refractivity contribution in [1.82, 2.24) is 4.90 Å². The molecule has 0 N–H and O–H groups in total. The average molecular weight is 341 g/mol. The van der Waals surface area contributed by atoms with E-state index < -0.39 is 30.0 Å². The zero-order valence-electron chi connectivity index (χ0n) is 13.4. The van der Waals surface area contributed by atoms with Crippen molar-refractivity contribution in [3.8, 4) is 0 Å². The van der Waals surface area contributed by atoms with Crippen molar-refractivity contribution in [2.75, 3.05) is 40.5 Å². The van der Waals surface area contributed by atoms with Gasteiger partial charge in [0.05, 0.1) is 14.2 Å². The molecule has 0 bridgehead atoms. The molecule has 1 heterocycles. The molecule has 24 heavy (non-hydrogen) atoms. The van der Waals surface area contributed by atoms with Gasteiger partial charge in [-0.15, -0.1) is 0 Å². The number of hydrogen-bond acceptors (Lipinski definition) is 9. The van der Waals surface area contributed by atoms with Gasteiger partial charge in [0.25, 0.3) is 0 Å². The van der Waals surface area contributed by atoms with Crippen molar-refractivity contribution in [3.63, 3.8) is 0 Å². The third-order valence-electron chi connectivity index (χ3n) is 2.81. The van der Waals surface area contributed by atoms with Gasteiger partial charge in [-0.3, -0.25) is 4.90 Å². The van der Waals surface area contributed by atoms with Crippen molar-refractivity contribution in [1.29, 1.82) is 0 Å². The number of esters is 4. The van der Waals surface area contributed by atoms with Crippen LogP contribution in [0.3, 0.4) is 0 Å². The Hall–Kier alpha value is -2.68. The van der Waals surface area contributed by atoms with E-state index >= 15 is 0 Å². The highest BCUT2D eigenvalue weighted by molar-refractivity contribution is 5.92. The summed E-state index contributed by atoms with van der Waals surface area (Å²) in [6.45, 7) is 1.94. The van der Waals surface area contributed by atoms with Gasteiger partial charge >= 0.3 is 23.9 Å². The highest BCUT2D eigenvalue weighted by Gasteiger charge is 2.25. The maximum atomic E-state index is 11.6. The Bertz CT molecular complexity index is 536. The van der Waals surface area contributed by atoms with Crippen LogP contribution >= 0.6 is 0 Å². The summed E-state index contributed by atoms with van der Waals surface area (Å²) >= 11 is 0. The fraction of sp³-hybridized carbons (Fsp3) is 0.467. The number of ether oxygens (including phenoxy) is 4. The molecule has 0 amide bonds. The predicted octanol–water partition coefficient (Wildman–Crippen LogP) is -0.785. The largest absolute Gasteiger partial charge is 0.466 e. The number of rotatable bonds is 9. The van der Waals surface area contributed by atoms with Gasteiger partial charge in [-0.1, -0.05) is 0 Å². The fourth-order valence-electron chi connectivity index (χ4n) is 1.50. The van der Waals surface area contributed by atoms with E-state index in [0.717, 1.165) is 37.4 Å². The number of hydrogen-bond donors (Lipinski definition) is 0. The van der Waals surface area contributed by atoms with Crippen LogP contribution in [-0.2, 0) is 38.1 Å². The second-order valence-corrected chi connectivity index (χ2v) is 4.70. The Kier molecular flexibility index (Phi) is 8.20. The van der Waals surface area contributed by atoms with Crippen LogP contribution in [0.25, 0.3) is 0 Å². The van der Waals surface area contributed by atoms with Gasteiger partial charge in [-0.25, -0.2) is 19.2 Å². The average Bonchev–Trinajstić information content (AvgIpc) is 3.39. The van der Waals surface area contributed by atoms with Crippen LogP contribution in [0.5, 0.6) is 0 Å². The molecule has 0 aromatic rings. The van der Waals surface area contributed by atoms with E-state index in [2.05, 4.69) is 9.47 Å². The number of carbonyl (C=O) groups is 4. The summed E-state index contributed by atoms with van der Waals surface area (Å²) < 4.78 is 18.7. The van der Waals surface area contributed by atoms with E-state index in [-0.39, 0.29) is 6.61 Å². The third-order valence-corrected chi connectivity index (χ3v) is 2.81. The molecule has 9 nitrogen and oxygen atoms in total. The fourth-order valence-corrected chi connectivity index (χ4v) is 1.50. The van der Waals surface area contributed by atoms with Crippen molar-refractivity contribution >= 4 is 23.9 Å². The van der Waals surface area contributed by atoms with Crippen molar-refractivity contribution in [2.45, 2.75) is 6.10 Å². The number of methoxy groups -OCH3 is 2. The third kappa shape index (κ3) is 8.69. The van der Waals surface area contributed by atoms with E-state index in [9.17, 15) is 19.2 Å². The lowest BCUT2D eigenvalue weighted by atomic mass is 10.3. The summed E-state index contributed by atoms with van der Waals surface area (Å²) in [5, 5.41) is 0. The second kappa shape index (κ2) is 10.2. The molecule has 9 heteroatoms. The SMILES string of the molecule is COC(=O)/C=C/C(=O)OCC(CN1CC1)OC(=O)/C=C/C(=O)OC. The van der Waals surface area contributed by atoms with E-state index in [1.54, 1.807) is 0 Å². The van der Waals surface area contributed by atoms with Gasteiger partial charge in [0.1, 0.15) is 12.7 Å². The molecule has 1 unspecified atom stereocenters. The van der Waals surface area contributed by atoms with Crippen LogP contribution in [0.4, 0.5) is 0 Å². The molecule has 0 radical (unpaired) electrons. The zero-order valence-corrected chi connectivity index (χ0v) is 13.4. The number of nitrogens with zero attached hydrogens (tertiary/aromatic N) is 1. The van der Waals surface area contributed by atoms with E-state index in [4.69, 9.17) is 9.47 Å². The summed E-state index contributed by atoms with van der Waals surface area (Å²) in [6.07, 6.45) is 3.01. The van der Waals surface area contributed by atoms with Gasteiger partial charge in [0.15, 0.2) is 0 Å². The van der Waals surface area contributed by atoms with Crippen LogP contribution in [0, 0.1) is 0 Å². The molecule has 0 aliphatic carbocycles. The summed E-state index contributed by atoms with van der Waals surface area (Å²) in [6, 6.07) is 0. The van der Waals surface area contributed by atoms with Crippen LogP contribution in [0.2, 0.25) is 0 Å². The van der Waals surface area contributed by atoms with Gasteiger partial charge in [0, 0.05) is 43.9 Å². The number of carbonyl (C=O) groups excluding carboxylic acids is 4. The monoisotopic (exact) mass is 341 g/mol. The van der Waals surface area contributed by atoms with Gasteiger partial charge in [-0.2, -0.15) is 0 Å². The second-order valence-electron chi connectivity index (χ2n) is 4.70. The Balaban J connectivity index is 2.46. The molecule has 132 valence electrons. The van der Waals surface area contributed by atoms with E-state index in [1.165, 1.54) is 14.2 Å². The molecule has 1 atom stereocenters. The summed E-state index contributed by atoms with van der Waals surface area (Å²) in [5.74, 6) is -2.90. The molecule has 0 aromatic carbocycles. The van der Waals surface area contributed by atoms with Crippen LogP contribution in [0.1, 0.15) is 0 Å². The standard InChI is InChI=1S/C15H19NO8/c1-21-12(17)3-5-14(19)23-10-11(9-16-7-8-16)24-15(20)6-4-13(18)22-2/h3-6,11H,7-10H2,1-2H3/b5-3+,6-4+. The maximum Gasteiger partial charge on any atom is 0.331 e. The topological polar surface area (TPSA) is 108 Å². The molecule has 0 aromatic heterocycles. The van der Waals surface area contributed by atoms with Crippen LogP contribution in [-0.4, -0.2) is 75.3 Å². The minimum absolute atomic E-state index is 0.182. The first kappa shape index (κ1) is 19.4. The minimum Gasteiger partial charge on any atom is -0.466 e. The Morgan fingerprint density at radius 2 is 1.38 bits per heavy atom. The highest BCUT2D eigenvalue weighted by atomic mass is 16.6. The molecule has 0 spiro atoms. The molecular weight excluding hydrogens is 322 g/mol. The summed E-state index contributed by atoms with van der Waals surface area (Å²) in [5.41, 5.74) is 0. The predicted molar refractivity (Wildman–Crippen MR) is 79.6 cm³/mol. The van der Waals surface area contributed by atoms with Gasteiger partial charge in [-0.05, 0) is 0 Å². The van der Waals surface area contributed by atoms with Crippen molar-refractivity contribution < 1.29 is 38.1 Å². The maximum absolute atomic E-state index is 11.6. The Labute approximate surface area is 138 Å². The molecule has 1 rings (SSSR count). The molecule has 1 aliphatic rings. The minimum atomic E-state index is -0.766. The van der Waals surface area contributed by atoms with Gasteiger partial charge in [0.2, 0.25) is 0 Å². The molecular formula is C15H19NO8. The van der Waals surface area contributed by atoms with Crippen LogP contribution in [0.15, 0.2) is 24.3 Å². The molecule has 1 aliphatic heterocycles. The summed E-state index contributed by atoms with van der Waals surface area (Å²) in [4.78, 5) is 46.8. The van der Waals surface area contributed by atoms with Crippen molar-refractivity contribution in [3.05, 3.63) is 24.3 Å². The molecule has 0 saturated carbocycles. The lowest BCUT2D eigenvalue weighted by molar-refractivity contribution is -0.153. The molecule has 1 saturated heterocycles. The molecule has 1 fully saturated rings. The quantitative estimate of drug-likeness (QED) is 0.231. The first-order valence-corrected chi connectivity index (χ1v) is 7.06. The Morgan fingerprint density at radius 3 is 1.88 bits per heavy atom. The van der Waals surface area contributed by atoms with Gasteiger partial charge < -0.3 is 18.9 Å². The normalized spacial score (nSPS) is 15.1. The smallest absolute Gasteiger partial charge is 0.331 e. The van der Waals surface area contributed by atoms with E-state index in [0.29, 0.717) is 6.54 Å². The zero-order chi connectivity index (χ0) is 17.9. The first-order valence-electron chi connectivity index (χ1n) is 7.06. The summed E-state index contributed by atoms with van der Waals surface area (Å²) in [7, 11) is 2.36. The highest BCUT2D eigenvalue weighted by Crippen LogP contribution is 2.08. The lowest BCUT2D eigenvalue weighted by Crippen LogP contribution is -2.31. The first-order chi connectivity index (χ1) is 11.4. The van der Waals surface area contributed by atoms with Crippen molar-refractivity contribution in [2.24, 2.45) is 0 Å². The lowest BCUT2D eigenvalue weighted by Gasteiger charge is -2.17.